The third-order valence-corrected chi connectivity index (χ3v) is 4.56. The number of nitrogens with zero attached hydrogens (tertiary/aromatic N) is 1. The number of ether oxygens (including phenoxy) is 2. The first-order valence-corrected chi connectivity index (χ1v) is 8.41. The van der Waals surface area contributed by atoms with E-state index in [1.54, 1.807) is 6.07 Å². The zero-order chi connectivity index (χ0) is 16.2. The van der Waals surface area contributed by atoms with Crippen molar-refractivity contribution < 1.29 is 18.7 Å². The minimum Gasteiger partial charge on any atom is -0.466 e. The van der Waals surface area contributed by atoms with Crippen LogP contribution in [0.25, 0.3) is 0 Å². The van der Waals surface area contributed by atoms with Gasteiger partial charge in [0.15, 0.2) is 0 Å². The smallest absolute Gasteiger partial charge is 0.255 e. The van der Waals surface area contributed by atoms with E-state index in [1.807, 2.05) is 13.8 Å². The summed E-state index contributed by atoms with van der Waals surface area (Å²) in [5, 5.41) is 3.13. The van der Waals surface area contributed by atoms with Crippen LogP contribution < -0.4 is 5.32 Å². The van der Waals surface area contributed by atoms with Crippen molar-refractivity contribution in [3.05, 3.63) is 23.2 Å². The van der Waals surface area contributed by atoms with E-state index in [0.29, 0.717) is 31.1 Å². The summed E-state index contributed by atoms with van der Waals surface area (Å²) in [6.45, 7) is 8.66. The minimum absolute atomic E-state index is 0.0261. The van der Waals surface area contributed by atoms with E-state index in [2.05, 4.69) is 10.2 Å². The Kier molecular flexibility index (Phi) is 5.35. The number of carbonyl (C=O) groups is 1. The molecule has 2 aliphatic heterocycles. The Morgan fingerprint density at radius 3 is 2.70 bits per heavy atom. The highest BCUT2D eigenvalue weighted by atomic mass is 16.6. The number of hydrogen-bond acceptors (Lipinski definition) is 5. The van der Waals surface area contributed by atoms with Crippen molar-refractivity contribution in [2.75, 3.05) is 39.5 Å². The van der Waals surface area contributed by atoms with Crippen LogP contribution in [-0.2, 0) is 9.47 Å². The molecule has 2 saturated heterocycles. The molecule has 0 saturated carbocycles. The van der Waals surface area contributed by atoms with Crippen LogP contribution in [0.1, 0.15) is 34.7 Å². The molecule has 6 nitrogen and oxygen atoms in total. The summed E-state index contributed by atoms with van der Waals surface area (Å²) in [6.07, 6.45) is 2.12. The van der Waals surface area contributed by atoms with Gasteiger partial charge in [0.05, 0.1) is 31.5 Å². The van der Waals surface area contributed by atoms with Crippen molar-refractivity contribution in [2.45, 2.75) is 38.8 Å². The topological polar surface area (TPSA) is 63.9 Å². The molecule has 1 N–H and O–H groups in total. The molecule has 23 heavy (non-hydrogen) atoms. The van der Waals surface area contributed by atoms with Crippen molar-refractivity contribution in [1.29, 1.82) is 0 Å². The van der Waals surface area contributed by atoms with E-state index in [-0.39, 0.29) is 18.1 Å². The van der Waals surface area contributed by atoms with Crippen LogP contribution in [0.3, 0.4) is 0 Å². The number of hydrogen-bond donors (Lipinski definition) is 1. The van der Waals surface area contributed by atoms with Gasteiger partial charge in [-0.25, -0.2) is 0 Å². The molecule has 1 aromatic heterocycles. The number of furan rings is 1. The van der Waals surface area contributed by atoms with Gasteiger partial charge in [0.2, 0.25) is 0 Å². The van der Waals surface area contributed by atoms with Crippen LogP contribution in [0.5, 0.6) is 0 Å². The normalized spacial score (nSPS) is 23.8. The maximum Gasteiger partial charge on any atom is 0.255 e. The lowest BCUT2D eigenvalue weighted by Crippen LogP contribution is -2.48. The Morgan fingerprint density at radius 1 is 1.30 bits per heavy atom. The van der Waals surface area contributed by atoms with Gasteiger partial charge in [0.1, 0.15) is 11.5 Å². The molecule has 128 valence electrons. The van der Waals surface area contributed by atoms with Gasteiger partial charge in [-0.3, -0.25) is 4.79 Å². The predicted molar refractivity (Wildman–Crippen MR) is 85.7 cm³/mol. The maximum atomic E-state index is 12.3. The fraction of sp³-hybridized carbons (Fsp3) is 0.706. The highest BCUT2D eigenvalue weighted by molar-refractivity contribution is 5.95. The Morgan fingerprint density at radius 2 is 2.09 bits per heavy atom. The van der Waals surface area contributed by atoms with Crippen molar-refractivity contribution >= 4 is 5.91 Å². The lowest BCUT2D eigenvalue weighted by atomic mass is 10.0. The Labute approximate surface area is 137 Å². The molecule has 1 unspecified atom stereocenters. The van der Waals surface area contributed by atoms with Gasteiger partial charge in [-0.1, -0.05) is 0 Å². The van der Waals surface area contributed by atoms with Gasteiger partial charge in [-0.15, -0.1) is 0 Å². The second-order valence-corrected chi connectivity index (χ2v) is 6.44. The fourth-order valence-electron chi connectivity index (χ4n) is 3.31. The number of amides is 1. The molecule has 2 fully saturated rings. The summed E-state index contributed by atoms with van der Waals surface area (Å²) in [4.78, 5) is 14.7. The van der Waals surface area contributed by atoms with Gasteiger partial charge >= 0.3 is 0 Å². The molecule has 0 bridgehead atoms. The van der Waals surface area contributed by atoms with Crippen molar-refractivity contribution in [1.82, 2.24) is 10.2 Å². The summed E-state index contributed by atoms with van der Waals surface area (Å²) in [5.74, 6) is 1.44. The van der Waals surface area contributed by atoms with Gasteiger partial charge in [0.25, 0.3) is 5.91 Å². The van der Waals surface area contributed by atoms with Crippen LogP contribution in [0, 0.1) is 13.8 Å². The largest absolute Gasteiger partial charge is 0.466 e. The van der Waals surface area contributed by atoms with E-state index < -0.39 is 0 Å². The van der Waals surface area contributed by atoms with E-state index in [1.165, 1.54) is 0 Å². The van der Waals surface area contributed by atoms with Gasteiger partial charge in [-0.05, 0) is 32.8 Å². The van der Waals surface area contributed by atoms with Crippen LogP contribution in [-0.4, -0.2) is 62.4 Å². The minimum atomic E-state index is -0.0261. The standard InChI is InChI=1S/C17H26N2O4/c1-12-9-16(13(2)23-12)17(20)18-14-3-5-19(6-4-14)10-15-11-21-7-8-22-15/h9,14-15H,3-8,10-11H2,1-2H3,(H,18,20). The zero-order valence-electron chi connectivity index (χ0n) is 14.0. The van der Waals surface area contributed by atoms with E-state index in [9.17, 15) is 4.79 Å². The maximum absolute atomic E-state index is 12.3. The molecular formula is C17H26N2O4. The second kappa shape index (κ2) is 7.47. The molecule has 0 aromatic carbocycles. The fourth-order valence-corrected chi connectivity index (χ4v) is 3.31. The number of nitrogens with one attached hydrogen (secondary N) is 1. The average Bonchev–Trinajstić information content (AvgIpc) is 2.89. The quantitative estimate of drug-likeness (QED) is 0.910. The van der Waals surface area contributed by atoms with Gasteiger partial charge in [0, 0.05) is 25.7 Å². The molecular weight excluding hydrogens is 296 g/mol. The number of rotatable bonds is 4. The van der Waals surface area contributed by atoms with Crippen molar-refractivity contribution in [3.8, 4) is 0 Å². The van der Waals surface area contributed by atoms with Gasteiger partial charge in [-0.2, -0.15) is 0 Å². The monoisotopic (exact) mass is 322 g/mol. The second-order valence-electron chi connectivity index (χ2n) is 6.44. The Balaban J connectivity index is 1.43. The molecule has 3 heterocycles. The third kappa shape index (κ3) is 4.34. The van der Waals surface area contributed by atoms with Crippen LogP contribution in [0.2, 0.25) is 0 Å². The third-order valence-electron chi connectivity index (χ3n) is 4.56. The highest BCUT2D eigenvalue weighted by Crippen LogP contribution is 2.16. The summed E-state index contributed by atoms with van der Waals surface area (Å²) >= 11 is 0. The number of piperidine rings is 1. The molecule has 1 atom stereocenters. The number of carbonyl (C=O) groups excluding carboxylic acids is 1. The first-order chi connectivity index (χ1) is 11.1. The predicted octanol–water partition coefficient (Wildman–Crippen LogP) is 1.51. The molecule has 0 radical (unpaired) electrons. The average molecular weight is 322 g/mol. The van der Waals surface area contributed by atoms with Crippen molar-refractivity contribution in [2.24, 2.45) is 0 Å². The molecule has 0 spiro atoms. The van der Waals surface area contributed by atoms with Crippen LogP contribution in [0.4, 0.5) is 0 Å². The first kappa shape index (κ1) is 16.5. The lowest BCUT2D eigenvalue weighted by molar-refractivity contribution is -0.0988. The number of aryl methyl sites for hydroxylation is 2. The molecule has 2 aliphatic rings. The Hall–Kier alpha value is -1.37. The first-order valence-electron chi connectivity index (χ1n) is 8.41. The summed E-state index contributed by atoms with van der Waals surface area (Å²) < 4.78 is 16.6. The summed E-state index contributed by atoms with van der Waals surface area (Å²) in [6, 6.07) is 2.04. The SMILES string of the molecule is Cc1cc(C(=O)NC2CCN(CC3COCCO3)CC2)c(C)o1. The van der Waals surface area contributed by atoms with Gasteiger partial charge < -0.3 is 24.1 Å². The molecule has 3 rings (SSSR count). The lowest BCUT2D eigenvalue weighted by Gasteiger charge is -2.35. The van der Waals surface area contributed by atoms with E-state index in [0.717, 1.165) is 38.2 Å². The zero-order valence-corrected chi connectivity index (χ0v) is 14.0. The Bertz CT molecular complexity index is 529. The summed E-state index contributed by atoms with van der Waals surface area (Å²) in [7, 11) is 0. The molecule has 0 aliphatic carbocycles. The molecule has 1 aromatic rings. The van der Waals surface area contributed by atoms with Crippen LogP contribution in [0.15, 0.2) is 10.5 Å². The molecule has 1 amide bonds. The summed E-state index contributed by atoms with van der Waals surface area (Å²) in [5.41, 5.74) is 0.651. The van der Waals surface area contributed by atoms with E-state index in [4.69, 9.17) is 13.9 Å². The van der Waals surface area contributed by atoms with Crippen molar-refractivity contribution in [3.63, 3.8) is 0 Å². The molecule has 6 heteroatoms. The number of likely N-dealkylation sites (tertiary alicyclic amines) is 1. The highest BCUT2D eigenvalue weighted by Gasteiger charge is 2.25. The van der Waals surface area contributed by atoms with Crippen LogP contribution >= 0.6 is 0 Å². The van der Waals surface area contributed by atoms with E-state index >= 15 is 0 Å².